The molecule has 0 unspecified atom stereocenters. The molecule has 0 saturated carbocycles. The van der Waals surface area contributed by atoms with Crippen LogP contribution in [0.25, 0.3) is 0 Å². The molecule has 1 heterocycles. The lowest BCUT2D eigenvalue weighted by atomic mass is 10.3. The van der Waals surface area contributed by atoms with Crippen LogP contribution < -0.4 is 11.2 Å². The highest BCUT2D eigenvalue weighted by Gasteiger charge is 1.96. The van der Waals surface area contributed by atoms with Gasteiger partial charge in [-0.15, -0.1) is 11.3 Å². The van der Waals surface area contributed by atoms with E-state index < -0.39 is 0 Å². The SMILES string of the molecule is C/C(=N\NC(N)=S)c1cccs1. The number of hydrogen-bond acceptors (Lipinski definition) is 3. The van der Waals surface area contributed by atoms with E-state index in [1.165, 1.54) is 0 Å². The Kier molecular flexibility index (Phi) is 3.19. The van der Waals surface area contributed by atoms with Crippen LogP contribution in [0.2, 0.25) is 0 Å². The van der Waals surface area contributed by atoms with Crippen molar-refractivity contribution in [3.05, 3.63) is 22.4 Å². The van der Waals surface area contributed by atoms with Crippen LogP contribution in [0.3, 0.4) is 0 Å². The molecule has 0 atom stereocenters. The van der Waals surface area contributed by atoms with E-state index in [-0.39, 0.29) is 5.11 Å². The maximum absolute atomic E-state index is 5.21. The summed E-state index contributed by atoms with van der Waals surface area (Å²) in [4.78, 5) is 1.11. The van der Waals surface area contributed by atoms with Crippen molar-refractivity contribution in [2.45, 2.75) is 6.92 Å². The van der Waals surface area contributed by atoms with E-state index in [1.54, 1.807) is 11.3 Å². The fourth-order valence-electron chi connectivity index (χ4n) is 0.678. The average molecular weight is 199 g/mol. The smallest absolute Gasteiger partial charge is 0.184 e. The van der Waals surface area contributed by atoms with Gasteiger partial charge in [0.15, 0.2) is 5.11 Å². The minimum Gasteiger partial charge on any atom is -0.375 e. The molecule has 0 aromatic carbocycles. The third-order valence-corrected chi connectivity index (χ3v) is 2.28. The third kappa shape index (κ3) is 2.60. The first kappa shape index (κ1) is 9.15. The number of rotatable bonds is 2. The molecule has 0 bridgehead atoms. The number of thiocarbonyl (C=S) groups is 1. The minimum atomic E-state index is 0.186. The summed E-state index contributed by atoms with van der Waals surface area (Å²) in [6.07, 6.45) is 0. The number of nitrogens with two attached hydrogens (primary N) is 1. The second-order valence-corrected chi connectivity index (χ2v) is 3.54. The predicted molar refractivity (Wildman–Crippen MR) is 56.5 cm³/mol. The molecule has 0 radical (unpaired) electrons. The first-order valence-corrected chi connectivity index (χ1v) is 4.62. The van der Waals surface area contributed by atoms with Gasteiger partial charge in [-0.2, -0.15) is 5.10 Å². The molecule has 0 amide bonds. The second-order valence-electron chi connectivity index (χ2n) is 2.15. The van der Waals surface area contributed by atoms with Crippen LogP contribution in [-0.2, 0) is 0 Å². The van der Waals surface area contributed by atoms with Gasteiger partial charge in [-0.3, -0.25) is 5.43 Å². The summed E-state index contributed by atoms with van der Waals surface area (Å²) in [7, 11) is 0. The maximum Gasteiger partial charge on any atom is 0.184 e. The first-order chi connectivity index (χ1) is 5.70. The van der Waals surface area contributed by atoms with Crippen molar-refractivity contribution in [1.29, 1.82) is 0 Å². The Hall–Kier alpha value is -0.940. The lowest BCUT2D eigenvalue weighted by molar-refractivity contribution is 1.03. The van der Waals surface area contributed by atoms with Gasteiger partial charge in [-0.25, -0.2) is 0 Å². The van der Waals surface area contributed by atoms with Crippen LogP contribution >= 0.6 is 23.6 Å². The Morgan fingerprint density at radius 3 is 3.00 bits per heavy atom. The van der Waals surface area contributed by atoms with E-state index >= 15 is 0 Å². The molecule has 1 rings (SSSR count). The first-order valence-electron chi connectivity index (χ1n) is 3.34. The molecule has 3 nitrogen and oxygen atoms in total. The monoisotopic (exact) mass is 199 g/mol. The molecular formula is C7H9N3S2. The molecule has 3 N–H and O–H groups in total. The number of hydrazone groups is 1. The van der Waals surface area contributed by atoms with E-state index in [0.717, 1.165) is 10.6 Å². The van der Waals surface area contributed by atoms with Crippen molar-refractivity contribution >= 4 is 34.4 Å². The predicted octanol–water partition coefficient (Wildman–Crippen LogP) is 1.31. The molecule has 0 fully saturated rings. The van der Waals surface area contributed by atoms with E-state index in [1.807, 2.05) is 24.4 Å². The zero-order valence-electron chi connectivity index (χ0n) is 6.57. The molecule has 0 aliphatic carbocycles. The summed E-state index contributed by atoms with van der Waals surface area (Å²) in [5.74, 6) is 0. The molecule has 1 aromatic heterocycles. The van der Waals surface area contributed by atoms with Gasteiger partial charge >= 0.3 is 0 Å². The minimum absolute atomic E-state index is 0.186. The number of thiophene rings is 1. The largest absolute Gasteiger partial charge is 0.375 e. The molecule has 0 aliphatic heterocycles. The molecule has 0 aliphatic rings. The van der Waals surface area contributed by atoms with Gasteiger partial charge < -0.3 is 5.73 Å². The van der Waals surface area contributed by atoms with E-state index in [4.69, 9.17) is 5.73 Å². The van der Waals surface area contributed by atoms with E-state index in [9.17, 15) is 0 Å². The zero-order chi connectivity index (χ0) is 8.97. The molecule has 5 heteroatoms. The van der Waals surface area contributed by atoms with Gasteiger partial charge in [0.2, 0.25) is 0 Å². The van der Waals surface area contributed by atoms with Crippen LogP contribution in [-0.4, -0.2) is 10.8 Å². The van der Waals surface area contributed by atoms with Gasteiger partial charge in [-0.05, 0) is 30.6 Å². The van der Waals surface area contributed by atoms with E-state index in [0.29, 0.717) is 0 Å². The van der Waals surface area contributed by atoms with Gasteiger partial charge in [0.1, 0.15) is 0 Å². The summed E-state index contributed by atoms with van der Waals surface area (Å²) in [5.41, 5.74) is 8.64. The number of nitrogens with one attached hydrogen (secondary N) is 1. The molecular weight excluding hydrogens is 190 g/mol. The van der Waals surface area contributed by atoms with Crippen molar-refractivity contribution in [3.8, 4) is 0 Å². The Morgan fingerprint density at radius 1 is 1.75 bits per heavy atom. The number of hydrogen-bond donors (Lipinski definition) is 2. The van der Waals surface area contributed by atoms with Gasteiger partial charge in [0.05, 0.1) is 5.71 Å². The van der Waals surface area contributed by atoms with Crippen molar-refractivity contribution in [2.24, 2.45) is 10.8 Å². The van der Waals surface area contributed by atoms with Crippen LogP contribution in [0.15, 0.2) is 22.6 Å². The summed E-state index contributed by atoms with van der Waals surface area (Å²) in [5, 5.41) is 6.16. The third-order valence-electron chi connectivity index (χ3n) is 1.21. The highest BCUT2D eigenvalue weighted by Crippen LogP contribution is 2.08. The van der Waals surface area contributed by atoms with Gasteiger partial charge in [0.25, 0.3) is 0 Å². The van der Waals surface area contributed by atoms with Crippen LogP contribution in [0, 0.1) is 0 Å². The molecule has 64 valence electrons. The lowest BCUT2D eigenvalue weighted by Gasteiger charge is -1.97. The molecule has 12 heavy (non-hydrogen) atoms. The summed E-state index contributed by atoms with van der Waals surface area (Å²) in [6.45, 7) is 1.90. The Labute approximate surface area is 80.3 Å². The topological polar surface area (TPSA) is 50.4 Å². The van der Waals surface area contributed by atoms with Crippen molar-refractivity contribution < 1.29 is 0 Å². The Balaban J connectivity index is 2.65. The van der Waals surface area contributed by atoms with Gasteiger partial charge in [-0.1, -0.05) is 6.07 Å². The lowest BCUT2D eigenvalue weighted by Crippen LogP contribution is -2.25. The average Bonchev–Trinajstić information content (AvgIpc) is 2.51. The van der Waals surface area contributed by atoms with Crippen LogP contribution in [0.1, 0.15) is 11.8 Å². The molecule has 0 spiro atoms. The summed E-state index contributed by atoms with van der Waals surface area (Å²) in [6, 6.07) is 3.96. The van der Waals surface area contributed by atoms with Crippen molar-refractivity contribution in [1.82, 2.24) is 5.43 Å². The van der Waals surface area contributed by atoms with Gasteiger partial charge in [0, 0.05) is 4.88 Å². The summed E-state index contributed by atoms with van der Waals surface area (Å²) < 4.78 is 0. The van der Waals surface area contributed by atoms with Crippen LogP contribution in [0.4, 0.5) is 0 Å². The van der Waals surface area contributed by atoms with Crippen molar-refractivity contribution in [2.75, 3.05) is 0 Å². The Morgan fingerprint density at radius 2 is 2.50 bits per heavy atom. The standard InChI is InChI=1S/C7H9N3S2/c1-5(9-10-7(8)11)6-3-2-4-12-6/h2-4H,1H3,(H3,8,10,11)/b9-5+. The fourth-order valence-corrected chi connectivity index (χ4v) is 1.40. The fraction of sp³-hybridized carbons (Fsp3) is 0.143. The highest BCUT2D eigenvalue weighted by molar-refractivity contribution is 7.80. The molecule has 0 saturated heterocycles. The normalized spacial score (nSPS) is 11.2. The van der Waals surface area contributed by atoms with Crippen LogP contribution in [0.5, 0.6) is 0 Å². The summed E-state index contributed by atoms with van der Waals surface area (Å²) >= 11 is 6.23. The zero-order valence-corrected chi connectivity index (χ0v) is 8.21. The quantitative estimate of drug-likeness (QED) is 0.429. The number of nitrogens with zero attached hydrogens (tertiary/aromatic N) is 1. The molecule has 1 aromatic rings. The highest BCUT2D eigenvalue weighted by atomic mass is 32.1. The van der Waals surface area contributed by atoms with E-state index in [2.05, 4.69) is 22.7 Å². The second kappa shape index (κ2) is 4.18. The van der Waals surface area contributed by atoms with Crippen molar-refractivity contribution in [3.63, 3.8) is 0 Å². The Bertz CT molecular complexity index is 290. The maximum atomic E-state index is 5.21.